The smallest absolute Gasteiger partial charge is 0.256 e. The second-order valence-corrected chi connectivity index (χ2v) is 7.05. The zero-order valence-corrected chi connectivity index (χ0v) is 16.8. The fraction of sp³-hybridized carbons (Fsp3) is 0.364. The number of aromatic amines is 1. The third-order valence-electron chi connectivity index (χ3n) is 4.97. The van der Waals surface area contributed by atoms with Gasteiger partial charge in [0, 0.05) is 40.5 Å². The second-order valence-electron chi connectivity index (χ2n) is 7.05. The summed E-state index contributed by atoms with van der Waals surface area (Å²) in [6.07, 6.45) is 1.96. The van der Waals surface area contributed by atoms with Gasteiger partial charge in [0.05, 0.1) is 12.1 Å². The average Bonchev–Trinajstić information content (AvgIpc) is 3.08. The molecule has 1 aliphatic heterocycles. The van der Waals surface area contributed by atoms with E-state index in [9.17, 15) is 4.79 Å². The van der Waals surface area contributed by atoms with Crippen LogP contribution in [-0.2, 0) is 4.79 Å². The number of H-pyrrole nitrogens is 1. The number of anilines is 1. The Balaban J connectivity index is 1.95. The van der Waals surface area contributed by atoms with Crippen LogP contribution in [0.15, 0.2) is 23.2 Å². The highest BCUT2D eigenvalue weighted by molar-refractivity contribution is 6.35. The number of nitrogens with one attached hydrogen (secondary N) is 3. The molecule has 0 unspecified atom stereocenters. The van der Waals surface area contributed by atoms with E-state index in [1.54, 1.807) is 0 Å². The van der Waals surface area contributed by atoms with Gasteiger partial charge in [0.2, 0.25) is 0 Å². The van der Waals surface area contributed by atoms with Crippen LogP contribution in [0.2, 0.25) is 0 Å². The van der Waals surface area contributed by atoms with Gasteiger partial charge in [-0.2, -0.15) is 0 Å². The monoisotopic (exact) mass is 364 g/mol. The molecule has 3 rings (SSSR count). The lowest BCUT2D eigenvalue weighted by molar-refractivity contribution is -0.110. The molecule has 2 heterocycles. The molecule has 0 aliphatic carbocycles. The summed E-state index contributed by atoms with van der Waals surface area (Å²) < 4.78 is 0. The molecule has 0 spiro atoms. The van der Waals surface area contributed by atoms with Crippen LogP contribution >= 0.6 is 0 Å². The molecule has 2 aromatic rings. The fourth-order valence-electron chi connectivity index (χ4n) is 3.61. The van der Waals surface area contributed by atoms with E-state index in [1.807, 2.05) is 32.1 Å². The van der Waals surface area contributed by atoms with Gasteiger partial charge < -0.3 is 15.6 Å². The van der Waals surface area contributed by atoms with Crippen molar-refractivity contribution >= 4 is 29.0 Å². The number of aliphatic imine (C=N–C) groups is 1. The predicted octanol–water partition coefficient (Wildman–Crippen LogP) is 3.85. The summed E-state index contributed by atoms with van der Waals surface area (Å²) in [5.74, 6) is -0.0557. The molecule has 1 amide bonds. The molecule has 1 aromatic carbocycles. The molecule has 0 atom stereocenters. The van der Waals surface area contributed by atoms with E-state index in [4.69, 9.17) is 4.99 Å². The number of rotatable bonds is 6. The number of hydrogen-bond donors (Lipinski definition) is 3. The van der Waals surface area contributed by atoms with Crippen LogP contribution < -0.4 is 10.6 Å². The first-order valence-electron chi connectivity index (χ1n) is 9.47. The maximum atomic E-state index is 12.5. The lowest BCUT2D eigenvalue weighted by Crippen LogP contribution is -2.17. The Morgan fingerprint density at radius 3 is 2.78 bits per heavy atom. The Bertz CT molecular complexity index is 934. The third-order valence-corrected chi connectivity index (χ3v) is 4.97. The highest BCUT2D eigenvalue weighted by Gasteiger charge is 2.25. The molecule has 0 saturated heterocycles. The summed E-state index contributed by atoms with van der Waals surface area (Å²) in [4.78, 5) is 20.6. The van der Waals surface area contributed by atoms with Gasteiger partial charge in [0.15, 0.2) is 0 Å². The van der Waals surface area contributed by atoms with Crippen molar-refractivity contribution in [2.24, 2.45) is 4.99 Å². The standard InChI is InChI=1S/C22H28N4O/c1-6-23-9-10-24-15(4)21-14(3)20(25-16(21)5)12-18-17-11-13(2)7-8-19(17)26-22(18)27/h7-8,11-12,23,25H,6,9-10H2,1-5H3,(H,26,27)/b18-12-,24-15?. The zero-order valence-electron chi connectivity index (χ0n) is 16.8. The minimum absolute atomic E-state index is 0.0557. The molecule has 142 valence electrons. The number of benzene rings is 1. The number of aryl methyl sites for hydroxylation is 2. The van der Waals surface area contributed by atoms with E-state index in [0.717, 1.165) is 64.7 Å². The number of aromatic nitrogens is 1. The van der Waals surface area contributed by atoms with Crippen molar-refractivity contribution in [2.45, 2.75) is 34.6 Å². The molecule has 0 saturated carbocycles. The fourth-order valence-corrected chi connectivity index (χ4v) is 3.61. The maximum absolute atomic E-state index is 12.5. The van der Waals surface area contributed by atoms with E-state index >= 15 is 0 Å². The molecular formula is C22H28N4O. The number of carbonyl (C=O) groups excluding carboxylic acids is 1. The van der Waals surface area contributed by atoms with Crippen LogP contribution in [0.3, 0.4) is 0 Å². The predicted molar refractivity (Wildman–Crippen MR) is 114 cm³/mol. The van der Waals surface area contributed by atoms with Crippen LogP contribution in [0.5, 0.6) is 0 Å². The highest BCUT2D eigenvalue weighted by Crippen LogP contribution is 2.34. The van der Waals surface area contributed by atoms with Gasteiger partial charge >= 0.3 is 0 Å². The van der Waals surface area contributed by atoms with Crippen LogP contribution in [0.1, 0.15) is 47.5 Å². The van der Waals surface area contributed by atoms with Crippen molar-refractivity contribution in [2.75, 3.05) is 25.0 Å². The first-order chi connectivity index (χ1) is 12.9. The van der Waals surface area contributed by atoms with Gasteiger partial charge in [-0.25, -0.2) is 0 Å². The van der Waals surface area contributed by atoms with Gasteiger partial charge in [0.1, 0.15) is 0 Å². The van der Waals surface area contributed by atoms with Gasteiger partial charge in [0.25, 0.3) is 5.91 Å². The molecule has 0 radical (unpaired) electrons. The molecule has 0 fully saturated rings. The number of carbonyl (C=O) groups is 1. The molecule has 5 heteroatoms. The van der Waals surface area contributed by atoms with Crippen molar-refractivity contribution in [3.8, 4) is 0 Å². The van der Waals surface area contributed by atoms with Crippen molar-refractivity contribution in [1.82, 2.24) is 10.3 Å². The maximum Gasteiger partial charge on any atom is 0.256 e. The van der Waals surface area contributed by atoms with Crippen molar-refractivity contribution in [3.05, 3.63) is 51.8 Å². The molecule has 0 bridgehead atoms. The summed E-state index contributed by atoms with van der Waals surface area (Å²) in [5, 5.41) is 6.23. The number of hydrogen-bond acceptors (Lipinski definition) is 3. The van der Waals surface area contributed by atoms with Gasteiger partial charge in [-0.1, -0.05) is 18.6 Å². The van der Waals surface area contributed by atoms with Crippen LogP contribution in [0.4, 0.5) is 5.69 Å². The Morgan fingerprint density at radius 1 is 1.26 bits per heavy atom. The molecule has 1 aliphatic rings. The molecule has 5 nitrogen and oxygen atoms in total. The van der Waals surface area contributed by atoms with Crippen molar-refractivity contribution < 1.29 is 4.79 Å². The average molecular weight is 364 g/mol. The topological polar surface area (TPSA) is 69.3 Å². The summed E-state index contributed by atoms with van der Waals surface area (Å²) in [5.41, 5.74) is 9.00. The molecular weight excluding hydrogens is 336 g/mol. The quantitative estimate of drug-likeness (QED) is 0.414. The van der Waals surface area contributed by atoms with Gasteiger partial charge in [-0.3, -0.25) is 9.79 Å². The summed E-state index contributed by atoms with van der Waals surface area (Å²) in [6.45, 7) is 12.9. The van der Waals surface area contributed by atoms with Crippen molar-refractivity contribution in [3.63, 3.8) is 0 Å². The summed E-state index contributed by atoms with van der Waals surface area (Å²) in [7, 11) is 0. The number of amides is 1. The van der Waals surface area contributed by atoms with Crippen LogP contribution in [0, 0.1) is 20.8 Å². The third kappa shape index (κ3) is 3.88. The Labute approximate surface area is 161 Å². The zero-order chi connectivity index (χ0) is 19.6. The van der Waals surface area contributed by atoms with E-state index in [1.165, 1.54) is 0 Å². The summed E-state index contributed by atoms with van der Waals surface area (Å²) in [6, 6.07) is 6.03. The minimum atomic E-state index is -0.0557. The number of fused-ring (bicyclic) bond motifs is 1. The van der Waals surface area contributed by atoms with E-state index < -0.39 is 0 Å². The van der Waals surface area contributed by atoms with Crippen LogP contribution in [0.25, 0.3) is 11.6 Å². The van der Waals surface area contributed by atoms with Gasteiger partial charge in [-0.05, 0) is 58.0 Å². The Kier molecular flexibility index (Phi) is 5.61. The Hall–Kier alpha value is -2.66. The normalized spacial score (nSPS) is 15.4. The summed E-state index contributed by atoms with van der Waals surface area (Å²) >= 11 is 0. The largest absolute Gasteiger partial charge is 0.358 e. The van der Waals surface area contributed by atoms with Crippen LogP contribution in [-0.4, -0.2) is 36.2 Å². The first kappa shape index (κ1) is 19.1. The lowest BCUT2D eigenvalue weighted by atomic mass is 10.0. The highest BCUT2D eigenvalue weighted by atomic mass is 16.2. The van der Waals surface area contributed by atoms with Crippen molar-refractivity contribution in [1.29, 1.82) is 0 Å². The molecule has 1 aromatic heterocycles. The number of likely N-dealkylation sites (N-methyl/N-ethyl adjacent to an activating group) is 1. The lowest BCUT2D eigenvalue weighted by Gasteiger charge is -2.04. The minimum Gasteiger partial charge on any atom is -0.358 e. The Morgan fingerprint density at radius 2 is 2.04 bits per heavy atom. The molecule has 3 N–H and O–H groups in total. The van der Waals surface area contributed by atoms with E-state index in [2.05, 4.69) is 42.5 Å². The second kappa shape index (κ2) is 7.92. The van der Waals surface area contributed by atoms with E-state index in [0.29, 0.717) is 5.57 Å². The first-order valence-corrected chi connectivity index (χ1v) is 9.47. The van der Waals surface area contributed by atoms with E-state index in [-0.39, 0.29) is 5.91 Å². The SMILES string of the molecule is CCNCCN=C(C)c1c(C)[nH]c(/C=C2\C(=O)Nc3ccc(C)cc32)c1C. The number of nitrogens with zero attached hydrogens (tertiary/aromatic N) is 1. The molecule has 27 heavy (non-hydrogen) atoms. The van der Waals surface area contributed by atoms with Gasteiger partial charge in [-0.15, -0.1) is 0 Å².